The van der Waals surface area contributed by atoms with Crippen LogP contribution in [0.2, 0.25) is 0 Å². The lowest BCUT2D eigenvalue weighted by atomic mass is 9.95. The minimum atomic E-state index is 0.297. The molecule has 4 heteroatoms. The SMILES string of the molecule is CCCn1c(C(CN)C(C)C)nc2cccnc21. The van der Waals surface area contributed by atoms with Crippen LogP contribution in [0.5, 0.6) is 0 Å². The number of aromatic nitrogens is 3. The summed E-state index contributed by atoms with van der Waals surface area (Å²) in [6, 6.07) is 3.95. The van der Waals surface area contributed by atoms with Gasteiger partial charge in [0.2, 0.25) is 0 Å². The molecule has 2 aromatic heterocycles. The Kier molecular flexibility index (Phi) is 3.97. The van der Waals surface area contributed by atoms with Crippen molar-refractivity contribution in [3.8, 4) is 0 Å². The Hall–Kier alpha value is -1.42. The lowest BCUT2D eigenvalue weighted by Gasteiger charge is -2.19. The Morgan fingerprint density at radius 2 is 2.17 bits per heavy atom. The normalized spacial score (nSPS) is 13.4. The Bertz CT molecular complexity index is 515. The van der Waals surface area contributed by atoms with Gasteiger partial charge in [-0.15, -0.1) is 0 Å². The lowest BCUT2D eigenvalue weighted by molar-refractivity contribution is 0.461. The van der Waals surface area contributed by atoms with Gasteiger partial charge in [0.25, 0.3) is 0 Å². The summed E-state index contributed by atoms with van der Waals surface area (Å²) in [4.78, 5) is 9.20. The number of aryl methyl sites for hydroxylation is 1. The number of pyridine rings is 1. The minimum Gasteiger partial charge on any atom is -0.330 e. The van der Waals surface area contributed by atoms with Crippen molar-refractivity contribution in [3.63, 3.8) is 0 Å². The third kappa shape index (κ3) is 2.25. The van der Waals surface area contributed by atoms with Gasteiger partial charge in [-0.25, -0.2) is 9.97 Å². The Morgan fingerprint density at radius 3 is 2.78 bits per heavy atom. The summed E-state index contributed by atoms with van der Waals surface area (Å²) in [5.74, 6) is 1.87. The van der Waals surface area contributed by atoms with Crippen molar-refractivity contribution in [1.29, 1.82) is 0 Å². The highest BCUT2D eigenvalue weighted by molar-refractivity contribution is 5.71. The van der Waals surface area contributed by atoms with Crippen LogP contribution in [0.4, 0.5) is 0 Å². The second-order valence-corrected chi connectivity index (χ2v) is 5.05. The predicted octanol–water partition coefficient (Wildman–Crippen LogP) is 2.54. The van der Waals surface area contributed by atoms with E-state index in [1.54, 1.807) is 0 Å². The van der Waals surface area contributed by atoms with Gasteiger partial charge in [-0.1, -0.05) is 20.8 Å². The molecule has 2 aromatic rings. The van der Waals surface area contributed by atoms with E-state index in [0.717, 1.165) is 30.0 Å². The number of rotatable bonds is 5. The molecule has 0 aromatic carbocycles. The van der Waals surface area contributed by atoms with E-state index in [4.69, 9.17) is 10.7 Å². The molecule has 4 nitrogen and oxygen atoms in total. The smallest absolute Gasteiger partial charge is 0.159 e. The van der Waals surface area contributed by atoms with Crippen molar-refractivity contribution in [2.45, 2.75) is 39.7 Å². The summed E-state index contributed by atoms with van der Waals surface area (Å²) in [5, 5.41) is 0. The number of imidazole rings is 1. The van der Waals surface area contributed by atoms with Gasteiger partial charge in [-0.05, 0) is 24.5 Å². The highest BCUT2D eigenvalue weighted by Gasteiger charge is 2.22. The molecule has 2 heterocycles. The molecule has 98 valence electrons. The van der Waals surface area contributed by atoms with Gasteiger partial charge in [-0.3, -0.25) is 0 Å². The zero-order chi connectivity index (χ0) is 13.1. The Morgan fingerprint density at radius 1 is 1.39 bits per heavy atom. The van der Waals surface area contributed by atoms with Gasteiger partial charge in [0.15, 0.2) is 5.65 Å². The lowest BCUT2D eigenvalue weighted by Crippen LogP contribution is -2.22. The molecular weight excluding hydrogens is 224 g/mol. The molecule has 0 aliphatic rings. The van der Waals surface area contributed by atoms with E-state index < -0.39 is 0 Å². The molecule has 0 bridgehead atoms. The van der Waals surface area contributed by atoms with Gasteiger partial charge in [-0.2, -0.15) is 0 Å². The first-order chi connectivity index (χ1) is 8.69. The van der Waals surface area contributed by atoms with E-state index in [-0.39, 0.29) is 0 Å². The van der Waals surface area contributed by atoms with Gasteiger partial charge in [0, 0.05) is 25.2 Å². The summed E-state index contributed by atoms with van der Waals surface area (Å²) < 4.78 is 2.23. The maximum absolute atomic E-state index is 5.92. The molecule has 1 unspecified atom stereocenters. The van der Waals surface area contributed by atoms with Crippen LogP contribution in [-0.2, 0) is 6.54 Å². The predicted molar refractivity (Wildman–Crippen MR) is 74.5 cm³/mol. The van der Waals surface area contributed by atoms with Crippen molar-refractivity contribution in [2.24, 2.45) is 11.7 Å². The Balaban J connectivity index is 2.57. The molecule has 0 amide bonds. The number of fused-ring (bicyclic) bond motifs is 1. The van der Waals surface area contributed by atoms with Crippen LogP contribution in [0.25, 0.3) is 11.2 Å². The molecule has 0 fully saturated rings. The number of hydrogen-bond donors (Lipinski definition) is 1. The zero-order valence-electron chi connectivity index (χ0n) is 11.4. The summed E-state index contributed by atoms with van der Waals surface area (Å²) in [7, 11) is 0. The Labute approximate surface area is 108 Å². The molecule has 2 rings (SSSR count). The molecule has 18 heavy (non-hydrogen) atoms. The fourth-order valence-electron chi connectivity index (χ4n) is 2.38. The van der Waals surface area contributed by atoms with Gasteiger partial charge in [0.1, 0.15) is 11.3 Å². The van der Waals surface area contributed by atoms with Crippen LogP contribution in [0.3, 0.4) is 0 Å². The van der Waals surface area contributed by atoms with Crippen LogP contribution in [0, 0.1) is 5.92 Å². The van der Waals surface area contributed by atoms with Crippen molar-refractivity contribution in [2.75, 3.05) is 6.54 Å². The monoisotopic (exact) mass is 246 g/mol. The van der Waals surface area contributed by atoms with E-state index in [1.807, 2.05) is 18.3 Å². The number of nitrogens with zero attached hydrogens (tertiary/aromatic N) is 3. The molecule has 0 spiro atoms. The highest BCUT2D eigenvalue weighted by Crippen LogP contribution is 2.26. The van der Waals surface area contributed by atoms with E-state index >= 15 is 0 Å². The molecule has 0 saturated heterocycles. The second-order valence-electron chi connectivity index (χ2n) is 5.05. The first-order valence-corrected chi connectivity index (χ1v) is 6.70. The van der Waals surface area contributed by atoms with Crippen molar-refractivity contribution in [1.82, 2.24) is 14.5 Å². The molecule has 0 radical (unpaired) electrons. The van der Waals surface area contributed by atoms with Crippen molar-refractivity contribution in [3.05, 3.63) is 24.2 Å². The van der Waals surface area contributed by atoms with Crippen molar-refractivity contribution < 1.29 is 0 Å². The molecular formula is C14H22N4. The molecule has 1 atom stereocenters. The summed E-state index contributed by atoms with van der Waals surface area (Å²) in [6.45, 7) is 8.14. The summed E-state index contributed by atoms with van der Waals surface area (Å²) in [5.41, 5.74) is 7.87. The topological polar surface area (TPSA) is 56.7 Å². The van der Waals surface area contributed by atoms with E-state index in [1.165, 1.54) is 0 Å². The fourth-order valence-corrected chi connectivity index (χ4v) is 2.38. The quantitative estimate of drug-likeness (QED) is 0.882. The number of nitrogens with two attached hydrogens (primary N) is 1. The maximum Gasteiger partial charge on any atom is 0.159 e. The minimum absolute atomic E-state index is 0.297. The van der Waals surface area contributed by atoms with Gasteiger partial charge in [0.05, 0.1) is 0 Å². The first kappa shape index (κ1) is 13.0. The average molecular weight is 246 g/mol. The standard InChI is InChI=1S/C14H22N4/c1-4-8-18-13(11(9-15)10(2)3)17-12-6-5-7-16-14(12)18/h5-7,10-11H,4,8-9,15H2,1-3H3. The second kappa shape index (κ2) is 5.48. The van der Waals surface area contributed by atoms with Crippen LogP contribution in [-0.4, -0.2) is 21.1 Å². The molecule has 0 saturated carbocycles. The largest absolute Gasteiger partial charge is 0.330 e. The van der Waals surface area contributed by atoms with Crippen LogP contribution < -0.4 is 5.73 Å². The van der Waals surface area contributed by atoms with E-state index in [9.17, 15) is 0 Å². The van der Waals surface area contributed by atoms with E-state index in [2.05, 4.69) is 30.3 Å². The average Bonchev–Trinajstić information content (AvgIpc) is 2.70. The van der Waals surface area contributed by atoms with Crippen LogP contribution in [0.1, 0.15) is 38.9 Å². The zero-order valence-corrected chi connectivity index (χ0v) is 11.4. The van der Waals surface area contributed by atoms with E-state index in [0.29, 0.717) is 18.4 Å². The third-order valence-corrected chi connectivity index (χ3v) is 3.37. The first-order valence-electron chi connectivity index (χ1n) is 6.70. The third-order valence-electron chi connectivity index (χ3n) is 3.37. The molecule has 0 aliphatic heterocycles. The molecule has 0 aliphatic carbocycles. The van der Waals surface area contributed by atoms with Crippen LogP contribution >= 0.6 is 0 Å². The highest BCUT2D eigenvalue weighted by atomic mass is 15.1. The summed E-state index contributed by atoms with van der Waals surface area (Å²) >= 11 is 0. The van der Waals surface area contributed by atoms with Crippen molar-refractivity contribution >= 4 is 11.2 Å². The number of hydrogen-bond acceptors (Lipinski definition) is 3. The van der Waals surface area contributed by atoms with Gasteiger partial charge < -0.3 is 10.3 Å². The fraction of sp³-hybridized carbons (Fsp3) is 0.571. The van der Waals surface area contributed by atoms with Gasteiger partial charge >= 0.3 is 0 Å². The van der Waals surface area contributed by atoms with Crippen LogP contribution in [0.15, 0.2) is 18.3 Å². The molecule has 2 N–H and O–H groups in total. The maximum atomic E-state index is 5.92. The summed E-state index contributed by atoms with van der Waals surface area (Å²) in [6.07, 6.45) is 2.90.